The number of hydrogen-bond acceptors (Lipinski definition) is 6. The third-order valence-corrected chi connectivity index (χ3v) is 4.42. The van der Waals surface area contributed by atoms with Crippen molar-refractivity contribution in [3.8, 4) is 11.5 Å². The lowest BCUT2D eigenvalue weighted by Crippen LogP contribution is -2.16. The standard InChI is InChI=1S/C21H18FN5O3/c1-30-18-7-6-15(10-17(18)28)25-21(29)16-12-24-20-9-8-19(26-27(16)20)23-11-13-2-4-14(22)5-3-13/h2-10,12,28H,11H2,1H3,(H,23,26)(H,25,29). The molecule has 0 saturated carbocycles. The molecule has 0 atom stereocenters. The number of aromatic hydroxyl groups is 1. The summed E-state index contributed by atoms with van der Waals surface area (Å²) < 4.78 is 19.4. The van der Waals surface area contributed by atoms with Gasteiger partial charge in [0.2, 0.25) is 0 Å². The fourth-order valence-corrected chi connectivity index (χ4v) is 2.88. The summed E-state index contributed by atoms with van der Waals surface area (Å²) in [5, 5.41) is 20.1. The van der Waals surface area contributed by atoms with Crippen molar-refractivity contribution < 1.29 is 19.0 Å². The molecule has 4 aromatic rings. The van der Waals surface area contributed by atoms with Gasteiger partial charge in [0.05, 0.1) is 13.3 Å². The first kappa shape index (κ1) is 19.2. The molecule has 0 aliphatic heterocycles. The van der Waals surface area contributed by atoms with E-state index in [1.54, 1.807) is 36.4 Å². The number of aromatic nitrogens is 3. The van der Waals surface area contributed by atoms with Crippen molar-refractivity contribution in [1.82, 2.24) is 14.6 Å². The van der Waals surface area contributed by atoms with Gasteiger partial charge >= 0.3 is 0 Å². The maximum absolute atomic E-state index is 13.0. The molecule has 2 aromatic heterocycles. The first-order chi connectivity index (χ1) is 14.5. The van der Waals surface area contributed by atoms with Crippen LogP contribution in [0.3, 0.4) is 0 Å². The smallest absolute Gasteiger partial charge is 0.276 e. The second kappa shape index (κ2) is 8.08. The van der Waals surface area contributed by atoms with Crippen LogP contribution in [0.2, 0.25) is 0 Å². The van der Waals surface area contributed by atoms with Crippen molar-refractivity contribution >= 4 is 23.1 Å². The Morgan fingerprint density at radius 3 is 2.70 bits per heavy atom. The highest BCUT2D eigenvalue weighted by Gasteiger charge is 2.15. The normalized spacial score (nSPS) is 10.7. The Kier molecular flexibility index (Phi) is 5.17. The average Bonchev–Trinajstić information content (AvgIpc) is 3.17. The predicted molar refractivity (Wildman–Crippen MR) is 109 cm³/mol. The molecule has 0 fully saturated rings. The Morgan fingerprint density at radius 1 is 1.17 bits per heavy atom. The largest absolute Gasteiger partial charge is 0.504 e. The van der Waals surface area contributed by atoms with E-state index in [4.69, 9.17) is 4.74 Å². The molecular formula is C21H18FN5O3. The lowest BCUT2D eigenvalue weighted by atomic mass is 10.2. The van der Waals surface area contributed by atoms with Crippen LogP contribution in [0, 0.1) is 5.82 Å². The molecule has 0 aliphatic carbocycles. The monoisotopic (exact) mass is 407 g/mol. The number of imidazole rings is 1. The number of nitrogens with one attached hydrogen (secondary N) is 2. The van der Waals surface area contributed by atoms with Crippen LogP contribution in [0.1, 0.15) is 16.1 Å². The summed E-state index contributed by atoms with van der Waals surface area (Å²) in [6.07, 6.45) is 1.42. The first-order valence-electron chi connectivity index (χ1n) is 9.05. The molecule has 0 bridgehead atoms. The number of rotatable bonds is 6. The number of hydrogen-bond donors (Lipinski definition) is 3. The number of methoxy groups -OCH3 is 1. The van der Waals surface area contributed by atoms with Crippen LogP contribution in [0.15, 0.2) is 60.8 Å². The molecule has 8 nitrogen and oxygen atoms in total. The number of ether oxygens (including phenoxy) is 1. The summed E-state index contributed by atoms with van der Waals surface area (Å²) in [7, 11) is 1.44. The lowest BCUT2D eigenvalue weighted by Gasteiger charge is -2.09. The number of amides is 1. The van der Waals surface area contributed by atoms with Gasteiger partial charge in [0.25, 0.3) is 5.91 Å². The molecule has 0 unspecified atom stereocenters. The zero-order valence-corrected chi connectivity index (χ0v) is 16.0. The van der Waals surface area contributed by atoms with Crippen molar-refractivity contribution in [2.75, 3.05) is 17.7 Å². The molecule has 2 aromatic carbocycles. The van der Waals surface area contributed by atoms with Gasteiger partial charge in [-0.15, -0.1) is 5.10 Å². The van der Waals surface area contributed by atoms with Crippen LogP contribution < -0.4 is 15.4 Å². The minimum absolute atomic E-state index is 0.0844. The van der Waals surface area contributed by atoms with E-state index in [-0.39, 0.29) is 17.3 Å². The van der Waals surface area contributed by atoms with E-state index < -0.39 is 5.91 Å². The Morgan fingerprint density at radius 2 is 1.97 bits per heavy atom. The van der Waals surface area contributed by atoms with Gasteiger partial charge in [-0.25, -0.2) is 13.9 Å². The van der Waals surface area contributed by atoms with Gasteiger partial charge in [-0.1, -0.05) is 12.1 Å². The van der Waals surface area contributed by atoms with Crippen LogP contribution in [0.4, 0.5) is 15.9 Å². The van der Waals surface area contributed by atoms with E-state index in [0.717, 1.165) is 5.56 Å². The summed E-state index contributed by atoms with van der Waals surface area (Å²) in [6.45, 7) is 0.445. The molecule has 4 rings (SSSR count). The number of benzene rings is 2. The quantitative estimate of drug-likeness (QED) is 0.453. The summed E-state index contributed by atoms with van der Waals surface area (Å²) >= 11 is 0. The number of nitrogens with zero attached hydrogens (tertiary/aromatic N) is 3. The van der Waals surface area contributed by atoms with Crippen molar-refractivity contribution in [2.24, 2.45) is 0 Å². The van der Waals surface area contributed by atoms with Crippen LogP contribution >= 0.6 is 0 Å². The van der Waals surface area contributed by atoms with Crippen molar-refractivity contribution in [3.05, 3.63) is 77.9 Å². The lowest BCUT2D eigenvalue weighted by molar-refractivity contribution is 0.102. The van der Waals surface area contributed by atoms with Crippen molar-refractivity contribution in [2.45, 2.75) is 6.54 Å². The highest BCUT2D eigenvalue weighted by Crippen LogP contribution is 2.28. The van der Waals surface area contributed by atoms with Crippen LogP contribution in [0.25, 0.3) is 5.65 Å². The summed E-state index contributed by atoms with van der Waals surface area (Å²) in [4.78, 5) is 16.9. The number of halogens is 1. The fraction of sp³-hybridized carbons (Fsp3) is 0.0952. The van der Waals surface area contributed by atoms with Gasteiger partial charge in [0.15, 0.2) is 22.8 Å². The summed E-state index contributed by atoms with van der Waals surface area (Å²) in [5.74, 6) is 0.0222. The van der Waals surface area contributed by atoms with Gasteiger partial charge in [0.1, 0.15) is 11.6 Å². The Bertz CT molecular complexity index is 1210. The molecule has 0 radical (unpaired) electrons. The van der Waals surface area contributed by atoms with Gasteiger partial charge in [-0.05, 0) is 42.0 Å². The number of phenols is 1. The average molecular weight is 407 g/mol. The summed E-state index contributed by atoms with van der Waals surface area (Å²) in [6, 6.07) is 14.2. The predicted octanol–water partition coefficient (Wildman–Crippen LogP) is 3.45. The maximum atomic E-state index is 13.0. The molecule has 0 aliphatic rings. The molecule has 152 valence electrons. The van der Waals surface area contributed by atoms with Gasteiger partial charge < -0.3 is 20.5 Å². The van der Waals surface area contributed by atoms with E-state index in [1.807, 2.05) is 0 Å². The van der Waals surface area contributed by atoms with Crippen LogP contribution in [0.5, 0.6) is 11.5 Å². The maximum Gasteiger partial charge on any atom is 0.276 e. The SMILES string of the molecule is COc1ccc(NC(=O)c2cnc3ccc(NCc4ccc(F)cc4)nn23)cc1O. The molecular weight excluding hydrogens is 389 g/mol. The molecule has 9 heteroatoms. The third kappa shape index (κ3) is 4.00. The second-order valence-corrected chi connectivity index (χ2v) is 6.45. The number of carbonyl (C=O) groups excluding carboxylic acids is 1. The number of carbonyl (C=O) groups is 1. The zero-order chi connectivity index (χ0) is 21.1. The van der Waals surface area contributed by atoms with E-state index in [0.29, 0.717) is 29.4 Å². The second-order valence-electron chi connectivity index (χ2n) is 6.45. The van der Waals surface area contributed by atoms with Crippen molar-refractivity contribution in [3.63, 3.8) is 0 Å². The Hall–Kier alpha value is -4.14. The zero-order valence-electron chi connectivity index (χ0n) is 16.0. The number of phenolic OH excluding ortho intramolecular Hbond substituents is 1. The highest BCUT2D eigenvalue weighted by atomic mass is 19.1. The van der Waals surface area contributed by atoms with Gasteiger partial charge in [0, 0.05) is 18.3 Å². The topological polar surface area (TPSA) is 101 Å². The minimum Gasteiger partial charge on any atom is -0.504 e. The van der Waals surface area contributed by atoms with E-state index in [9.17, 15) is 14.3 Å². The molecule has 3 N–H and O–H groups in total. The van der Waals surface area contributed by atoms with E-state index >= 15 is 0 Å². The molecule has 30 heavy (non-hydrogen) atoms. The Balaban J connectivity index is 1.52. The van der Waals surface area contributed by atoms with Crippen molar-refractivity contribution in [1.29, 1.82) is 0 Å². The molecule has 2 heterocycles. The minimum atomic E-state index is -0.435. The van der Waals surface area contributed by atoms with Gasteiger partial charge in [-0.3, -0.25) is 4.79 Å². The van der Waals surface area contributed by atoms with E-state index in [1.165, 1.54) is 36.0 Å². The first-order valence-corrected chi connectivity index (χ1v) is 9.05. The van der Waals surface area contributed by atoms with Crippen LogP contribution in [-0.2, 0) is 6.54 Å². The third-order valence-electron chi connectivity index (χ3n) is 4.42. The van der Waals surface area contributed by atoms with E-state index in [2.05, 4.69) is 20.7 Å². The summed E-state index contributed by atoms with van der Waals surface area (Å²) in [5.41, 5.74) is 2.02. The van der Waals surface area contributed by atoms with Crippen LogP contribution in [-0.4, -0.2) is 32.7 Å². The fourth-order valence-electron chi connectivity index (χ4n) is 2.88. The number of fused-ring (bicyclic) bond motifs is 1. The molecule has 0 spiro atoms. The highest BCUT2D eigenvalue weighted by molar-refractivity contribution is 6.03. The number of anilines is 2. The Labute approximate surface area is 171 Å². The molecule has 1 amide bonds. The van der Waals surface area contributed by atoms with Gasteiger partial charge in [-0.2, -0.15) is 0 Å². The molecule has 0 saturated heterocycles.